The molecule has 0 fully saturated rings. The first-order chi connectivity index (χ1) is 12.1. The first-order valence-electron chi connectivity index (χ1n) is 7.23. The highest BCUT2D eigenvalue weighted by atomic mass is 19.1. The second kappa shape index (κ2) is 7.26. The highest BCUT2D eigenvalue weighted by molar-refractivity contribution is 5.79. The van der Waals surface area contributed by atoms with Gasteiger partial charge in [-0.2, -0.15) is 5.10 Å². The molecular formula is C17H12FN5O2. The predicted molar refractivity (Wildman–Crippen MR) is 91.7 cm³/mol. The Labute approximate surface area is 142 Å². The van der Waals surface area contributed by atoms with Crippen LogP contribution >= 0.6 is 0 Å². The smallest absolute Gasteiger partial charge is 0.258 e. The van der Waals surface area contributed by atoms with Gasteiger partial charge in [0.05, 0.1) is 11.1 Å². The summed E-state index contributed by atoms with van der Waals surface area (Å²) in [5.41, 5.74) is 4.69. The summed E-state index contributed by atoms with van der Waals surface area (Å²) in [7, 11) is 0. The number of hydrazone groups is 1. The number of nitrogens with one attached hydrogen (secondary N) is 1. The Morgan fingerprint density at radius 3 is 2.48 bits per heavy atom. The average molecular weight is 337 g/mol. The Morgan fingerprint density at radius 2 is 1.80 bits per heavy atom. The van der Waals surface area contributed by atoms with Crippen LogP contribution in [-0.4, -0.2) is 21.1 Å². The molecule has 1 aromatic heterocycles. The lowest BCUT2D eigenvalue weighted by molar-refractivity contribution is -0.384. The molecule has 3 rings (SSSR count). The standard InChI is InChI=1S/C17H12FN5O2/c18-15-6-4-12(5-7-15)9-21-22-17-19-10-14(11-20-17)13-2-1-3-16(8-13)23(24)25/h1-11H,(H,19,20,22)/b21-9+. The summed E-state index contributed by atoms with van der Waals surface area (Å²) in [6.45, 7) is 0. The molecule has 25 heavy (non-hydrogen) atoms. The molecule has 2 aromatic carbocycles. The molecule has 8 heteroatoms. The summed E-state index contributed by atoms with van der Waals surface area (Å²) in [6.07, 6.45) is 4.60. The van der Waals surface area contributed by atoms with Crippen molar-refractivity contribution in [1.29, 1.82) is 0 Å². The molecule has 0 aliphatic rings. The van der Waals surface area contributed by atoms with Crippen molar-refractivity contribution in [2.24, 2.45) is 5.10 Å². The molecule has 0 aliphatic heterocycles. The zero-order chi connectivity index (χ0) is 17.6. The molecule has 0 amide bonds. The Kier molecular flexibility index (Phi) is 4.70. The van der Waals surface area contributed by atoms with Crippen molar-refractivity contribution < 1.29 is 9.31 Å². The number of nitro groups is 1. The van der Waals surface area contributed by atoms with E-state index in [1.165, 1.54) is 30.5 Å². The summed E-state index contributed by atoms with van der Waals surface area (Å²) in [4.78, 5) is 18.6. The number of nitro benzene ring substituents is 1. The Morgan fingerprint density at radius 1 is 1.08 bits per heavy atom. The van der Waals surface area contributed by atoms with Crippen LogP contribution in [0.5, 0.6) is 0 Å². The Balaban J connectivity index is 1.69. The lowest BCUT2D eigenvalue weighted by atomic mass is 10.1. The summed E-state index contributed by atoms with van der Waals surface area (Å²) in [6, 6.07) is 12.1. The molecule has 0 unspecified atom stereocenters. The van der Waals surface area contributed by atoms with Gasteiger partial charge >= 0.3 is 0 Å². The fourth-order valence-corrected chi connectivity index (χ4v) is 2.05. The highest BCUT2D eigenvalue weighted by Crippen LogP contribution is 2.22. The summed E-state index contributed by atoms with van der Waals surface area (Å²) < 4.78 is 12.8. The van der Waals surface area contributed by atoms with Crippen molar-refractivity contribution >= 4 is 17.9 Å². The van der Waals surface area contributed by atoms with E-state index in [4.69, 9.17) is 0 Å². The number of nitrogens with zero attached hydrogens (tertiary/aromatic N) is 4. The van der Waals surface area contributed by atoms with Crippen LogP contribution in [0.25, 0.3) is 11.1 Å². The van der Waals surface area contributed by atoms with Gasteiger partial charge in [-0.1, -0.05) is 24.3 Å². The van der Waals surface area contributed by atoms with Crippen molar-refractivity contribution in [1.82, 2.24) is 9.97 Å². The molecule has 1 heterocycles. The third-order valence-electron chi connectivity index (χ3n) is 3.29. The van der Waals surface area contributed by atoms with Crippen LogP contribution in [-0.2, 0) is 0 Å². The maximum atomic E-state index is 12.8. The fraction of sp³-hybridized carbons (Fsp3) is 0. The average Bonchev–Trinajstić information content (AvgIpc) is 2.64. The third-order valence-corrected chi connectivity index (χ3v) is 3.29. The number of hydrogen-bond donors (Lipinski definition) is 1. The molecule has 3 aromatic rings. The van der Waals surface area contributed by atoms with Gasteiger partial charge in [0.25, 0.3) is 5.69 Å². The topological polar surface area (TPSA) is 93.3 Å². The van der Waals surface area contributed by atoms with E-state index >= 15 is 0 Å². The minimum absolute atomic E-state index is 0.00333. The van der Waals surface area contributed by atoms with E-state index in [1.54, 1.807) is 36.7 Å². The Hall–Kier alpha value is -3.68. The zero-order valence-corrected chi connectivity index (χ0v) is 12.8. The van der Waals surface area contributed by atoms with Crippen molar-refractivity contribution in [2.75, 3.05) is 5.43 Å². The van der Waals surface area contributed by atoms with E-state index in [9.17, 15) is 14.5 Å². The van der Waals surface area contributed by atoms with Gasteiger partial charge in [-0.25, -0.2) is 19.8 Å². The van der Waals surface area contributed by atoms with Crippen molar-refractivity contribution in [2.45, 2.75) is 0 Å². The summed E-state index contributed by atoms with van der Waals surface area (Å²) >= 11 is 0. The van der Waals surface area contributed by atoms with E-state index in [2.05, 4.69) is 20.5 Å². The molecule has 7 nitrogen and oxygen atoms in total. The largest absolute Gasteiger partial charge is 0.270 e. The zero-order valence-electron chi connectivity index (χ0n) is 12.8. The molecule has 124 valence electrons. The van der Waals surface area contributed by atoms with Crippen LogP contribution in [0.15, 0.2) is 66.0 Å². The lowest BCUT2D eigenvalue weighted by Crippen LogP contribution is -1.97. The molecule has 0 saturated heterocycles. The lowest BCUT2D eigenvalue weighted by Gasteiger charge is -2.02. The SMILES string of the molecule is O=[N+]([O-])c1cccc(-c2cnc(N/N=C/c3ccc(F)cc3)nc2)c1. The number of aromatic nitrogens is 2. The molecule has 0 aliphatic carbocycles. The normalized spacial score (nSPS) is 10.8. The van der Waals surface area contributed by atoms with Gasteiger partial charge in [0, 0.05) is 30.1 Å². The van der Waals surface area contributed by atoms with Crippen LogP contribution in [0.2, 0.25) is 0 Å². The van der Waals surface area contributed by atoms with Crippen LogP contribution in [0.4, 0.5) is 16.0 Å². The van der Waals surface area contributed by atoms with Gasteiger partial charge in [0.15, 0.2) is 0 Å². The third kappa shape index (κ3) is 4.20. The van der Waals surface area contributed by atoms with Crippen molar-refractivity contribution in [3.63, 3.8) is 0 Å². The molecule has 0 spiro atoms. The highest BCUT2D eigenvalue weighted by Gasteiger charge is 2.07. The molecule has 0 saturated carbocycles. The predicted octanol–water partition coefficient (Wildman–Crippen LogP) is 3.64. The van der Waals surface area contributed by atoms with Gasteiger partial charge in [-0.15, -0.1) is 0 Å². The number of non-ortho nitro benzene ring substituents is 1. The van der Waals surface area contributed by atoms with Gasteiger partial charge in [0.2, 0.25) is 5.95 Å². The Bertz CT molecular complexity index is 911. The number of anilines is 1. The number of benzene rings is 2. The van der Waals surface area contributed by atoms with Gasteiger partial charge < -0.3 is 0 Å². The summed E-state index contributed by atoms with van der Waals surface area (Å²) in [5, 5.41) is 14.8. The van der Waals surface area contributed by atoms with Crippen LogP contribution in [0.1, 0.15) is 5.56 Å². The number of rotatable bonds is 5. The minimum atomic E-state index is -0.454. The van der Waals surface area contributed by atoms with E-state index in [0.29, 0.717) is 11.1 Å². The number of halogens is 1. The van der Waals surface area contributed by atoms with Crippen molar-refractivity contribution in [3.8, 4) is 11.1 Å². The molecule has 1 N–H and O–H groups in total. The van der Waals surface area contributed by atoms with E-state index < -0.39 is 4.92 Å². The first kappa shape index (κ1) is 16.2. The van der Waals surface area contributed by atoms with Crippen LogP contribution in [0, 0.1) is 15.9 Å². The van der Waals surface area contributed by atoms with E-state index in [1.807, 2.05) is 0 Å². The second-order valence-electron chi connectivity index (χ2n) is 5.02. The minimum Gasteiger partial charge on any atom is -0.258 e. The monoisotopic (exact) mass is 337 g/mol. The van der Waals surface area contributed by atoms with Gasteiger partial charge in [0.1, 0.15) is 5.82 Å². The molecule has 0 radical (unpaired) electrons. The molecular weight excluding hydrogens is 325 g/mol. The van der Waals surface area contributed by atoms with Crippen LogP contribution < -0.4 is 5.43 Å². The van der Waals surface area contributed by atoms with E-state index in [-0.39, 0.29) is 17.5 Å². The van der Waals surface area contributed by atoms with Crippen molar-refractivity contribution in [3.05, 3.63) is 82.4 Å². The van der Waals surface area contributed by atoms with Gasteiger partial charge in [-0.3, -0.25) is 10.1 Å². The number of hydrogen-bond acceptors (Lipinski definition) is 6. The quantitative estimate of drug-likeness (QED) is 0.436. The van der Waals surface area contributed by atoms with Crippen LogP contribution in [0.3, 0.4) is 0 Å². The maximum Gasteiger partial charge on any atom is 0.270 e. The fourth-order valence-electron chi connectivity index (χ4n) is 2.05. The molecule has 0 atom stereocenters. The van der Waals surface area contributed by atoms with E-state index in [0.717, 1.165) is 5.56 Å². The summed E-state index contributed by atoms with van der Waals surface area (Å²) in [5.74, 6) is -0.0438. The second-order valence-corrected chi connectivity index (χ2v) is 5.02. The van der Waals surface area contributed by atoms with Gasteiger partial charge in [-0.05, 0) is 23.3 Å². The molecule has 0 bridgehead atoms. The first-order valence-corrected chi connectivity index (χ1v) is 7.23. The maximum absolute atomic E-state index is 12.8.